The summed E-state index contributed by atoms with van der Waals surface area (Å²) in [6.45, 7) is 0.571. The van der Waals surface area contributed by atoms with Crippen LogP contribution >= 0.6 is 0 Å². The highest BCUT2D eigenvalue weighted by atomic mass is 16.5. The monoisotopic (exact) mass is 298 g/mol. The van der Waals surface area contributed by atoms with Gasteiger partial charge in [-0.1, -0.05) is 18.2 Å². The molecule has 0 spiro atoms. The molecular formula is C17H18N2O3. The first-order valence-electron chi connectivity index (χ1n) is 7.45. The van der Waals surface area contributed by atoms with Gasteiger partial charge in [-0.05, 0) is 31.4 Å². The van der Waals surface area contributed by atoms with Crippen molar-refractivity contribution in [2.75, 3.05) is 13.7 Å². The lowest BCUT2D eigenvalue weighted by atomic mass is 10.00. The van der Waals surface area contributed by atoms with Crippen LogP contribution in [0.4, 0.5) is 0 Å². The number of ether oxygens (including phenoxy) is 1. The van der Waals surface area contributed by atoms with Gasteiger partial charge in [0.1, 0.15) is 6.04 Å². The van der Waals surface area contributed by atoms with Gasteiger partial charge in [-0.15, -0.1) is 0 Å². The smallest absolute Gasteiger partial charge is 0.328 e. The number of esters is 1. The van der Waals surface area contributed by atoms with Crippen LogP contribution in [0.1, 0.15) is 29.6 Å². The van der Waals surface area contributed by atoms with Gasteiger partial charge in [0.25, 0.3) is 5.91 Å². The molecule has 5 heteroatoms. The summed E-state index contributed by atoms with van der Waals surface area (Å²) in [7, 11) is 1.36. The van der Waals surface area contributed by atoms with Crippen LogP contribution in [0.5, 0.6) is 0 Å². The van der Waals surface area contributed by atoms with Gasteiger partial charge in [-0.3, -0.25) is 9.78 Å². The number of nitrogens with zero attached hydrogens (tertiary/aromatic N) is 2. The number of likely N-dealkylation sites (tertiary alicyclic amines) is 1. The summed E-state index contributed by atoms with van der Waals surface area (Å²) < 4.78 is 4.85. The van der Waals surface area contributed by atoms with Crippen LogP contribution in [-0.2, 0) is 9.53 Å². The average Bonchev–Trinajstić information content (AvgIpc) is 2.60. The van der Waals surface area contributed by atoms with E-state index < -0.39 is 6.04 Å². The maximum absolute atomic E-state index is 12.9. The summed E-state index contributed by atoms with van der Waals surface area (Å²) in [5.74, 6) is -0.499. The molecular weight excluding hydrogens is 280 g/mol. The summed E-state index contributed by atoms with van der Waals surface area (Å²) in [4.78, 5) is 30.8. The number of benzene rings is 1. The van der Waals surface area contributed by atoms with Gasteiger partial charge in [-0.25, -0.2) is 4.79 Å². The molecule has 1 atom stereocenters. The predicted octanol–water partition coefficient (Wildman–Crippen LogP) is 2.40. The Morgan fingerprint density at radius 1 is 1.23 bits per heavy atom. The summed E-state index contributed by atoms with van der Waals surface area (Å²) >= 11 is 0. The van der Waals surface area contributed by atoms with Crippen molar-refractivity contribution in [3.63, 3.8) is 0 Å². The standard InChI is InChI=1S/C17H18N2O3/c1-22-17(21)14-9-2-3-11-19(14)16(20)13-8-4-6-12-7-5-10-18-15(12)13/h4-8,10,14H,2-3,9,11H2,1H3. The number of hydrogen-bond acceptors (Lipinski definition) is 4. The highest BCUT2D eigenvalue weighted by Crippen LogP contribution is 2.23. The molecule has 114 valence electrons. The van der Waals surface area contributed by atoms with Crippen LogP contribution in [0.3, 0.4) is 0 Å². The second-order valence-corrected chi connectivity index (χ2v) is 5.41. The lowest BCUT2D eigenvalue weighted by molar-refractivity contribution is -0.147. The van der Waals surface area contributed by atoms with E-state index in [9.17, 15) is 9.59 Å². The van der Waals surface area contributed by atoms with Gasteiger partial charge in [-0.2, -0.15) is 0 Å². The number of rotatable bonds is 2. The minimum atomic E-state index is -0.495. The van der Waals surface area contributed by atoms with Crippen molar-refractivity contribution >= 4 is 22.8 Å². The van der Waals surface area contributed by atoms with E-state index in [2.05, 4.69) is 4.98 Å². The van der Waals surface area contributed by atoms with Crippen molar-refractivity contribution in [2.24, 2.45) is 0 Å². The fraction of sp³-hybridized carbons (Fsp3) is 0.353. The Morgan fingerprint density at radius 2 is 2.05 bits per heavy atom. The molecule has 22 heavy (non-hydrogen) atoms. The van der Waals surface area contributed by atoms with Crippen LogP contribution < -0.4 is 0 Å². The molecule has 5 nitrogen and oxygen atoms in total. The van der Waals surface area contributed by atoms with E-state index in [-0.39, 0.29) is 11.9 Å². The molecule has 1 aromatic carbocycles. The zero-order valence-electron chi connectivity index (χ0n) is 12.5. The summed E-state index contributed by atoms with van der Waals surface area (Å²) in [5, 5.41) is 0.917. The lowest BCUT2D eigenvalue weighted by Crippen LogP contribution is -2.48. The van der Waals surface area contributed by atoms with Crippen molar-refractivity contribution in [2.45, 2.75) is 25.3 Å². The van der Waals surface area contributed by atoms with Gasteiger partial charge >= 0.3 is 5.97 Å². The maximum Gasteiger partial charge on any atom is 0.328 e. The zero-order chi connectivity index (χ0) is 15.5. The second kappa shape index (κ2) is 6.13. The number of methoxy groups -OCH3 is 1. The van der Waals surface area contributed by atoms with Crippen molar-refractivity contribution < 1.29 is 14.3 Å². The Bertz CT molecular complexity index is 709. The minimum absolute atomic E-state index is 0.153. The Hall–Kier alpha value is -2.43. The molecule has 0 bridgehead atoms. The minimum Gasteiger partial charge on any atom is -0.467 e. The number of amides is 1. The maximum atomic E-state index is 12.9. The number of piperidine rings is 1. The Kier molecular flexibility index (Phi) is 4.04. The third-order valence-corrected chi connectivity index (χ3v) is 4.10. The van der Waals surface area contributed by atoms with E-state index in [4.69, 9.17) is 4.74 Å². The fourth-order valence-corrected chi connectivity index (χ4v) is 2.99. The molecule has 3 rings (SSSR count). The van der Waals surface area contributed by atoms with E-state index in [0.717, 1.165) is 18.2 Å². The largest absolute Gasteiger partial charge is 0.467 e. The number of pyridine rings is 1. The topological polar surface area (TPSA) is 59.5 Å². The number of para-hydroxylation sites is 1. The van der Waals surface area contributed by atoms with E-state index >= 15 is 0 Å². The summed E-state index contributed by atoms with van der Waals surface area (Å²) in [6.07, 6.45) is 4.15. The third-order valence-electron chi connectivity index (χ3n) is 4.10. The van der Waals surface area contributed by atoms with Gasteiger partial charge in [0, 0.05) is 18.1 Å². The normalized spacial score (nSPS) is 18.2. The first-order valence-corrected chi connectivity index (χ1v) is 7.45. The molecule has 0 aliphatic carbocycles. The second-order valence-electron chi connectivity index (χ2n) is 5.41. The molecule has 2 heterocycles. The van der Waals surface area contributed by atoms with Crippen LogP contribution in [0, 0.1) is 0 Å². The SMILES string of the molecule is COC(=O)C1CCCCN1C(=O)c1cccc2cccnc12. The Balaban J connectivity index is 1.99. The lowest BCUT2D eigenvalue weighted by Gasteiger charge is -2.33. The van der Waals surface area contributed by atoms with Crippen LogP contribution in [0.25, 0.3) is 10.9 Å². The van der Waals surface area contributed by atoms with E-state index in [1.807, 2.05) is 24.3 Å². The molecule has 1 amide bonds. The summed E-state index contributed by atoms with van der Waals surface area (Å²) in [6, 6.07) is 8.80. The van der Waals surface area contributed by atoms with Gasteiger partial charge in [0.15, 0.2) is 0 Å². The first kappa shape index (κ1) is 14.5. The number of carbonyl (C=O) groups excluding carboxylic acids is 2. The van der Waals surface area contributed by atoms with Crippen molar-refractivity contribution in [1.82, 2.24) is 9.88 Å². The van der Waals surface area contributed by atoms with Crippen LogP contribution in [0.15, 0.2) is 36.5 Å². The molecule has 1 fully saturated rings. The fourth-order valence-electron chi connectivity index (χ4n) is 2.99. The predicted molar refractivity (Wildman–Crippen MR) is 82.4 cm³/mol. The average molecular weight is 298 g/mol. The van der Waals surface area contributed by atoms with Gasteiger partial charge < -0.3 is 9.64 Å². The zero-order valence-corrected chi connectivity index (χ0v) is 12.5. The van der Waals surface area contributed by atoms with Crippen molar-refractivity contribution in [3.8, 4) is 0 Å². The quantitative estimate of drug-likeness (QED) is 0.799. The van der Waals surface area contributed by atoms with Crippen molar-refractivity contribution in [1.29, 1.82) is 0 Å². The number of fused-ring (bicyclic) bond motifs is 1. The number of aromatic nitrogens is 1. The third kappa shape index (κ3) is 2.54. The molecule has 0 N–H and O–H groups in total. The van der Waals surface area contributed by atoms with Crippen molar-refractivity contribution in [3.05, 3.63) is 42.1 Å². The molecule has 0 radical (unpaired) electrons. The Morgan fingerprint density at radius 3 is 2.86 bits per heavy atom. The molecule has 0 saturated carbocycles. The Labute approximate surface area is 128 Å². The van der Waals surface area contributed by atoms with Crippen LogP contribution in [0.2, 0.25) is 0 Å². The molecule has 1 aliphatic rings. The first-order chi connectivity index (χ1) is 10.7. The van der Waals surface area contributed by atoms with Crippen LogP contribution in [-0.4, -0.2) is 41.5 Å². The highest BCUT2D eigenvalue weighted by Gasteiger charge is 2.33. The molecule has 1 saturated heterocycles. The molecule has 2 aromatic rings. The number of hydrogen-bond donors (Lipinski definition) is 0. The van der Waals surface area contributed by atoms with E-state index in [0.29, 0.717) is 24.0 Å². The van der Waals surface area contributed by atoms with E-state index in [1.165, 1.54) is 7.11 Å². The van der Waals surface area contributed by atoms with E-state index in [1.54, 1.807) is 17.2 Å². The van der Waals surface area contributed by atoms with Gasteiger partial charge in [0.05, 0.1) is 18.2 Å². The molecule has 1 unspecified atom stereocenters. The molecule has 1 aliphatic heterocycles. The highest BCUT2D eigenvalue weighted by molar-refractivity contribution is 6.06. The summed E-state index contributed by atoms with van der Waals surface area (Å²) in [5.41, 5.74) is 1.21. The molecule has 1 aromatic heterocycles. The number of carbonyl (C=O) groups is 2. The van der Waals surface area contributed by atoms with Gasteiger partial charge in [0.2, 0.25) is 0 Å².